The maximum absolute atomic E-state index is 12.8. The molecule has 2 heterocycles. The minimum Gasteiger partial charge on any atom is -0.337 e. The number of benzene rings is 2. The van der Waals surface area contributed by atoms with Gasteiger partial charge < -0.3 is 5.32 Å². The number of carbonyl (C=O) groups excluding carboxylic acids is 1. The van der Waals surface area contributed by atoms with Gasteiger partial charge in [-0.25, -0.2) is 18.4 Å². The van der Waals surface area contributed by atoms with Crippen LogP contribution in [0, 0.1) is 0 Å². The summed E-state index contributed by atoms with van der Waals surface area (Å²) in [4.78, 5) is 20.5. The highest BCUT2D eigenvalue weighted by Gasteiger charge is 2.20. The van der Waals surface area contributed by atoms with Crippen molar-refractivity contribution in [1.29, 1.82) is 0 Å². The van der Waals surface area contributed by atoms with E-state index in [0.717, 1.165) is 11.3 Å². The second-order valence-electron chi connectivity index (χ2n) is 6.33. The van der Waals surface area contributed by atoms with Crippen molar-refractivity contribution in [1.82, 2.24) is 9.97 Å². The van der Waals surface area contributed by atoms with E-state index in [1.165, 1.54) is 13.0 Å². The quantitative estimate of drug-likeness (QED) is 0.351. The van der Waals surface area contributed by atoms with Crippen molar-refractivity contribution in [2.24, 2.45) is 0 Å². The number of rotatable bonds is 6. The lowest BCUT2D eigenvalue weighted by molar-refractivity contribution is 0.101. The maximum Gasteiger partial charge on any atom is 0.272 e. The summed E-state index contributed by atoms with van der Waals surface area (Å²) in [5.74, 6) is 0.292. The Labute approximate surface area is 185 Å². The summed E-state index contributed by atoms with van der Waals surface area (Å²) in [6.07, 6.45) is 0. The van der Waals surface area contributed by atoms with Crippen LogP contribution in [0.15, 0.2) is 68.7 Å². The van der Waals surface area contributed by atoms with Crippen molar-refractivity contribution in [3.63, 3.8) is 0 Å². The topological polar surface area (TPSA) is 101 Å². The highest BCUT2D eigenvalue weighted by Crippen LogP contribution is 2.30. The molecule has 7 nitrogen and oxygen atoms in total. The molecule has 10 heteroatoms. The first kappa shape index (κ1) is 20.5. The van der Waals surface area contributed by atoms with E-state index in [4.69, 9.17) is 0 Å². The lowest BCUT2D eigenvalue weighted by Gasteiger charge is -2.13. The van der Waals surface area contributed by atoms with Gasteiger partial charge in [0.25, 0.3) is 10.0 Å². The molecule has 0 unspecified atom stereocenters. The minimum absolute atomic E-state index is 0.0393. The summed E-state index contributed by atoms with van der Waals surface area (Å²) in [7, 11) is -3.84. The van der Waals surface area contributed by atoms with Crippen LogP contribution in [0.5, 0.6) is 0 Å². The summed E-state index contributed by atoms with van der Waals surface area (Å²) >= 11 is 4.38. The number of nitrogens with zero attached hydrogens (tertiary/aromatic N) is 2. The first-order valence-corrected chi connectivity index (χ1v) is 11.8. The molecule has 0 aliphatic heterocycles. The number of aromatic nitrogens is 2. The van der Waals surface area contributed by atoms with Gasteiger partial charge >= 0.3 is 0 Å². The fraction of sp³-hybridized carbons (Fsp3) is 0.0500. The maximum atomic E-state index is 12.8. The Kier molecular flexibility index (Phi) is 5.54. The van der Waals surface area contributed by atoms with Gasteiger partial charge in [-0.3, -0.25) is 9.52 Å². The average Bonchev–Trinajstić information content (AvgIpc) is 3.16. The summed E-state index contributed by atoms with van der Waals surface area (Å²) < 4.78 is 29.0. The Morgan fingerprint density at radius 3 is 2.13 bits per heavy atom. The van der Waals surface area contributed by atoms with Crippen LogP contribution in [0.4, 0.5) is 17.3 Å². The summed E-state index contributed by atoms with van der Waals surface area (Å²) in [5, 5.41) is 3.09. The van der Waals surface area contributed by atoms with Crippen molar-refractivity contribution in [2.45, 2.75) is 11.1 Å². The Morgan fingerprint density at radius 2 is 1.57 bits per heavy atom. The molecule has 0 saturated carbocycles. The molecule has 4 aromatic rings. The van der Waals surface area contributed by atoms with Gasteiger partial charge in [0, 0.05) is 11.3 Å². The molecular formula is C20H15BrN4O3S2. The van der Waals surface area contributed by atoms with E-state index in [2.05, 4.69) is 35.9 Å². The number of fused-ring (bicyclic) bond motifs is 1. The normalized spacial score (nSPS) is 11.4. The number of anilines is 3. The molecule has 152 valence electrons. The van der Waals surface area contributed by atoms with Gasteiger partial charge in [0.2, 0.25) is 0 Å². The molecule has 2 aromatic heterocycles. The molecule has 2 N–H and O–H groups in total. The number of sulfonamides is 1. The molecule has 0 bridgehead atoms. The number of hydrogen-bond acceptors (Lipinski definition) is 7. The second-order valence-corrected chi connectivity index (χ2v) is 10.7. The molecular weight excluding hydrogens is 488 g/mol. The number of Topliss-reactive ketones (excluding diaryl/α,β-unsaturated/α-hetero) is 1. The second kappa shape index (κ2) is 8.13. The Hall–Kier alpha value is -2.82. The van der Waals surface area contributed by atoms with E-state index in [0.29, 0.717) is 26.1 Å². The monoisotopic (exact) mass is 502 g/mol. The van der Waals surface area contributed by atoms with E-state index >= 15 is 0 Å². The third kappa shape index (κ3) is 4.35. The molecule has 0 aliphatic carbocycles. The van der Waals surface area contributed by atoms with Gasteiger partial charge in [0.1, 0.15) is 4.21 Å². The smallest absolute Gasteiger partial charge is 0.272 e. The lowest BCUT2D eigenvalue weighted by atomic mass is 10.1. The first-order chi connectivity index (χ1) is 14.3. The van der Waals surface area contributed by atoms with Gasteiger partial charge in [-0.15, -0.1) is 11.3 Å². The van der Waals surface area contributed by atoms with Crippen LogP contribution in [0.2, 0.25) is 0 Å². The van der Waals surface area contributed by atoms with Crippen molar-refractivity contribution in [3.8, 4) is 0 Å². The molecule has 0 radical (unpaired) electrons. The van der Waals surface area contributed by atoms with Crippen LogP contribution in [-0.4, -0.2) is 24.2 Å². The molecule has 0 aliphatic rings. The number of thiophene rings is 1. The number of carbonyl (C=O) groups is 1. The standard InChI is InChI=1S/C20H15BrN4O3S2/c1-12(26)13-6-8-14(9-7-13)22-19-20(24-16-5-3-2-4-15(16)23-19)25-30(27,28)18-11-10-17(21)29-18/h2-11H,1H3,(H,22,23)(H,24,25). The molecule has 30 heavy (non-hydrogen) atoms. The van der Waals surface area contributed by atoms with Gasteiger partial charge in [-0.05, 0) is 71.4 Å². The molecule has 0 saturated heterocycles. The number of hydrogen-bond donors (Lipinski definition) is 2. The zero-order valence-corrected chi connectivity index (χ0v) is 18.8. The molecule has 0 amide bonds. The minimum atomic E-state index is -3.84. The lowest BCUT2D eigenvalue weighted by Crippen LogP contribution is -2.15. The molecule has 0 spiro atoms. The van der Waals surface area contributed by atoms with Crippen LogP contribution in [0.3, 0.4) is 0 Å². The van der Waals surface area contributed by atoms with Crippen LogP contribution in [-0.2, 0) is 10.0 Å². The zero-order chi connectivity index (χ0) is 21.3. The highest BCUT2D eigenvalue weighted by atomic mass is 79.9. The predicted molar refractivity (Wildman–Crippen MR) is 122 cm³/mol. The summed E-state index contributed by atoms with van der Waals surface area (Å²) in [5.41, 5.74) is 2.39. The molecule has 2 aromatic carbocycles. The van der Waals surface area contributed by atoms with Gasteiger partial charge in [0.15, 0.2) is 17.4 Å². The molecule has 0 fully saturated rings. The van der Waals surface area contributed by atoms with E-state index in [1.807, 2.05) is 6.07 Å². The molecule has 0 atom stereocenters. The SMILES string of the molecule is CC(=O)c1ccc(Nc2nc3ccccc3nc2NS(=O)(=O)c2ccc(Br)s2)cc1. The van der Waals surface area contributed by atoms with E-state index in [1.54, 1.807) is 48.5 Å². The fourth-order valence-electron chi connectivity index (χ4n) is 2.70. The van der Waals surface area contributed by atoms with Crippen LogP contribution in [0.1, 0.15) is 17.3 Å². The first-order valence-electron chi connectivity index (χ1n) is 8.75. The summed E-state index contributed by atoms with van der Waals surface area (Å²) in [6, 6.07) is 17.2. The zero-order valence-electron chi connectivity index (χ0n) is 15.6. The number of halogens is 1. The molecule has 4 rings (SSSR count). The van der Waals surface area contributed by atoms with Crippen molar-refractivity contribution >= 4 is 71.4 Å². The highest BCUT2D eigenvalue weighted by molar-refractivity contribution is 9.11. The van der Waals surface area contributed by atoms with Crippen LogP contribution in [0.25, 0.3) is 11.0 Å². The van der Waals surface area contributed by atoms with Gasteiger partial charge in [-0.1, -0.05) is 12.1 Å². The number of ketones is 1. The van der Waals surface area contributed by atoms with Crippen LogP contribution >= 0.6 is 27.3 Å². The fourth-order valence-corrected chi connectivity index (χ4v) is 5.72. The summed E-state index contributed by atoms with van der Waals surface area (Å²) in [6.45, 7) is 1.49. The Balaban J connectivity index is 1.74. The third-order valence-electron chi connectivity index (χ3n) is 4.17. The van der Waals surface area contributed by atoms with Crippen LogP contribution < -0.4 is 10.0 Å². The largest absolute Gasteiger partial charge is 0.337 e. The Morgan fingerprint density at radius 1 is 0.933 bits per heavy atom. The predicted octanol–water partition coefficient (Wildman–Crippen LogP) is 5.20. The number of nitrogens with one attached hydrogen (secondary N) is 2. The van der Waals surface area contributed by atoms with Gasteiger partial charge in [0.05, 0.1) is 14.8 Å². The van der Waals surface area contributed by atoms with E-state index in [9.17, 15) is 13.2 Å². The van der Waals surface area contributed by atoms with E-state index in [-0.39, 0.29) is 21.6 Å². The Bertz CT molecular complexity index is 1350. The van der Waals surface area contributed by atoms with Crippen molar-refractivity contribution < 1.29 is 13.2 Å². The van der Waals surface area contributed by atoms with Crippen molar-refractivity contribution in [3.05, 3.63) is 70.0 Å². The van der Waals surface area contributed by atoms with Gasteiger partial charge in [-0.2, -0.15) is 0 Å². The number of para-hydroxylation sites is 2. The average molecular weight is 503 g/mol. The third-order valence-corrected chi connectivity index (χ3v) is 7.62. The van der Waals surface area contributed by atoms with E-state index < -0.39 is 10.0 Å². The van der Waals surface area contributed by atoms with Crippen molar-refractivity contribution in [2.75, 3.05) is 10.0 Å².